The van der Waals surface area contributed by atoms with E-state index in [1.54, 1.807) is 0 Å². The van der Waals surface area contributed by atoms with Crippen LogP contribution >= 0.6 is 11.8 Å². The first-order chi connectivity index (χ1) is 12.8. The van der Waals surface area contributed by atoms with Gasteiger partial charge in [-0.15, -0.1) is 10.2 Å². The molecule has 0 saturated carbocycles. The Balaban J connectivity index is 1.33. The molecule has 6 nitrogen and oxygen atoms in total. The van der Waals surface area contributed by atoms with Crippen LogP contribution in [0.2, 0.25) is 0 Å². The van der Waals surface area contributed by atoms with Gasteiger partial charge in [0.2, 0.25) is 5.91 Å². The number of pyridine rings is 1. The van der Waals surface area contributed by atoms with Crippen LogP contribution in [0, 0.1) is 0 Å². The summed E-state index contributed by atoms with van der Waals surface area (Å²) < 4.78 is 1.88. The third-order valence-electron chi connectivity index (χ3n) is 4.49. The molecule has 1 aromatic carbocycles. The summed E-state index contributed by atoms with van der Waals surface area (Å²) in [6, 6.07) is 13.8. The topological polar surface area (TPSA) is 62.5 Å². The lowest BCUT2D eigenvalue weighted by Gasteiger charge is -2.28. The number of rotatable bonds is 5. The largest absolute Gasteiger partial charge is 0.372 e. The number of nitrogens with zero attached hydrogens (tertiary/aromatic N) is 4. The van der Waals surface area contributed by atoms with Crippen LogP contribution in [-0.2, 0) is 4.79 Å². The van der Waals surface area contributed by atoms with Crippen molar-refractivity contribution >= 4 is 34.7 Å². The van der Waals surface area contributed by atoms with Crippen molar-refractivity contribution in [2.45, 2.75) is 24.4 Å². The Bertz CT molecular complexity index is 886. The number of aromatic nitrogens is 3. The van der Waals surface area contributed by atoms with Gasteiger partial charge in [-0.3, -0.25) is 9.20 Å². The standard InChI is InChI=1S/C19H21N5OS/c25-18(14-26-19-22-21-17-6-2-5-13-24(17)19)20-15-7-9-16(10-8-15)23-11-3-1-4-12-23/h2,5-10,13H,1,3-4,11-12,14H2,(H,20,25). The summed E-state index contributed by atoms with van der Waals surface area (Å²) in [4.78, 5) is 14.6. The van der Waals surface area contributed by atoms with Crippen molar-refractivity contribution in [3.63, 3.8) is 0 Å². The van der Waals surface area contributed by atoms with Gasteiger partial charge in [0.25, 0.3) is 0 Å². The maximum absolute atomic E-state index is 12.2. The van der Waals surface area contributed by atoms with Gasteiger partial charge in [-0.25, -0.2) is 0 Å². The summed E-state index contributed by atoms with van der Waals surface area (Å²) in [7, 11) is 0. The summed E-state index contributed by atoms with van der Waals surface area (Å²) in [5, 5.41) is 11.9. The summed E-state index contributed by atoms with van der Waals surface area (Å²) in [6.07, 6.45) is 5.73. The second-order valence-corrected chi connectivity index (χ2v) is 7.29. The van der Waals surface area contributed by atoms with Gasteiger partial charge in [0.05, 0.1) is 5.75 Å². The fraction of sp³-hybridized carbons (Fsp3) is 0.316. The van der Waals surface area contributed by atoms with Crippen molar-refractivity contribution < 1.29 is 4.79 Å². The predicted octanol–water partition coefficient (Wildman–Crippen LogP) is 3.45. The number of benzene rings is 1. The van der Waals surface area contributed by atoms with Crippen LogP contribution in [-0.4, -0.2) is 39.3 Å². The summed E-state index contributed by atoms with van der Waals surface area (Å²) in [5.74, 6) is 0.247. The summed E-state index contributed by atoms with van der Waals surface area (Å²) in [5.41, 5.74) is 2.83. The van der Waals surface area contributed by atoms with Gasteiger partial charge in [-0.1, -0.05) is 17.8 Å². The summed E-state index contributed by atoms with van der Waals surface area (Å²) in [6.45, 7) is 2.24. The Morgan fingerprint density at radius 2 is 1.85 bits per heavy atom. The lowest BCUT2D eigenvalue weighted by atomic mass is 10.1. The fourth-order valence-electron chi connectivity index (χ4n) is 3.15. The molecule has 0 atom stereocenters. The number of carbonyl (C=O) groups excluding carboxylic acids is 1. The molecule has 26 heavy (non-hydrogen) atoms. The monoisotopic (exact) mass is 367 g/mol. The zero-order valence-electron chi connectivity index (χ0n) is 14.5. The Kier molecular flexibility index (Phi) is 5.06. The van der Waals surface area contributed by atoms with Gasteiger partial charge in [0, 0.05) is 30.7 Å². The number of carbonyl (C=O) groups is 1. The first-order valence-electron chi connectivity index (χ1n) is 8.87. The van der Waals surface area contributed by atoms with Gasteiger partial charge in [0.1, 0.15) is 0 Å². The molecule has 3 heterocycles. The van der Waals surface area contributed by atoms with Crippen molar-refractivity contribution in [3.8, 4) is 0 Å². The smallest absolute Gasteiger partial charge is 0.234 e. The van der Waals surface area contributed by atoms with Crippen LogP contribution in [0.25, 0.3) is 5.65 Å². The Morgan fingerprint density at radius 3 is 2.65 bits per heavy atom. The molecule has 0 radical (unpaired) electrons. The molecule has 7 heteroatoms. The SMILES string of the molecule is O=C(CSc1nnc2ccccn12)Nc1ccc(N2CCCCC2)cc1. The average molecular weight is 367 g/mol. The van der Waals surface area contributed by atoms with Gasteiger partial charge in [0.15, 0.2) is 10.8 Å². The third kappa shape index (κ3) is 3.83. The van der Waals surface area contributed by atoms with Crippen molar-refractivity contribution in [1.29, 1.82) is 0 Å². The number of thioether (sulfide) groups is 1. The molecule has 1 aliphatic heterocycles. The van der Waals surface area contributed by atoms with Crippen LogP contribution in [0.4, 0.5) is 11.4 Å². The van der Waals surface area contributed by atoms with Crippen LogP contribution in [0.15, 0.2) is 53.8 Å². The van der Waals surface area contributed by atoms with E-state index in [2.05, 4.69) is 32.5 Å². The second-order valence-electron chi connectivity index (χ2n) is 6.34. The number of nitrogens with one attached hydrogen (secondary N) is 1. The highest BCUT2D eigenvalue weighted by Gasteiger charge is 2.12. The van der Waals surface area contributed by atoms with Gasteiger partial charge < -0.3 is 10.2 Å². The van der Waals surface area contributed by atoms with E-state index in [1.165, 1.54) is 36.7 Å². The number of anilines is 2. The molecular formula is C19H21N5OS. The maximum atomic E-state index is 12.2. The molecule has 134 valence electrons. The van der Waals surface area contributed by atoms with E-state index in [0.29, 0.717) is 5.75 Å². The average Bonchev–Trinajstić information content (AvgIpc) is 3.11. The quantitative estimate of drug-likeness (QED) is 0.700. The third-order valence-corrected chi connectivity index (χ3v) is 5.43. The normalized spacial score (nSPS) is 14.5. The predicted molar refractivity (Wildman–Crippen MR) is 105 cm³/mol. The molecule has 0 unspecified atom stereocenters. The van der Waals surface area contributed by atoms with Crippen molar-refractivity contribution in [1.82, 2.24) is 14.6 Å². The Hall–Kier alpha value is -2.54. The van der Waals surface area contributed by atoms with Gasteiger partial charge in [-0.2, -0.15) is 0 Å². The van der Waals surface area contributed by atoms with Gasteiger partial charge >= 0.3 is 0 Å². The number of hydrogen-bond donors (Lipinski definition) is 1. The van der Waals surface area contributed by atoms with E-state index in [-0.39, 0.29) is 5.91 Å². The zero-order valence-corrected chi connectivity index (χ0v) is 15.3. The molecule has 3 aromatic rings. The molecule has 0 bridgehead atoms. The molecule has 0 aliphatic carbocycles. The molecule has 1 amide bonds. The van der Waals surface area contributed by atoms with Crippen molar-refractivity contribution in [2.75, 3.05) is 29.1 Å². The van der Waals surface area contributed by atoms with Crippen molar-refractivity contribution in [2.24, 2.45) is 0 Å². The highest BCUT2D eigenvalue weighted by Crippen LogP contribution is 2.22. The Morgan fingerprint density at radius 1 is 1.04 bits per heavy atom. The minimum Gasteiger partial charge on any atom is -0.372 e. The lowest BCUT2D eigenvalue weighted by molar-refractivity contribution is -0.113. The number of amides is 1. The van der Waals surface area contributed by atoms with E-state index >= 15 is 0 Å². The molecule has 2 aromatic heterocycles. The number of piperidine rings is 1. The first kappa shape index (κ1) is 16.9. The first-order valence-corrected chi connectivity index (χ1v) is 9.85. The number of hydrogen-bond acceptors (Lipinski definition) is 5. The fourth-order valence-corrected chi connectivity index (χ4v) is 3.88. The van der Waals surface area contributed by atoms with Crippen LogP contribution in [0.5, 0.6) is 0 Å². The zero-order chi connectivity index (χ0) is 17.8. The molecule has 1 fully saturated rings. The van der Waals surface area contributed by atoms with Gasteiger partial charge in [-0.05, 0) is 55.7 Å². The molecule has 4 rings (SSSR count). The highest BCUT2D eigenvalue weighted by atomic mass is 32.2. The molecule has 1 N–H and O–H groups in total. The van der Waals surface area contributed by atoms with E-state index in [9.17, 15) is 4.79 Å². The maximum Gasteiger partial charge on any atom is 0.234 e. The highest BCUT2D eigenvalue weighted by molar-refractivity contribution is 7.99. The molecule has 1 saturated heterocycles. The van der Waals surface area contributed by atoms with E-state index < -0.39 is 0 Å². The molecule has 1 aliphatic rings. The van der Waals surface area contributed by atoms with E-state index in [0.717, 1.165) is 29.6 Å². The minimum atomic E-state index is -0.0478. The molecule has 0 spiro atoms. The van der Waals surface area contributed by atoms with Crippen LogP contribution < -0.4 is 10.2 Å². The van der Waals surface area contributed by atoms with Crippen molar-refractivity contribution in [3.05, 3.63) is 48.7 Å². The minimum absolute atomic E-state index is 0.0478. The van der Waals surface area contributed by atoms with E-state index in [4.69, 9.17) is 0 Å². The Labute approximate surface area is 156 Å². The van der Waals surface area contributed by atoms with Crippen LogP contribution in [0.3, 0.4) is 0 Å². The lowest BCUT2D eigenvalue weighted by Crippen LogP contribution is -2.29. The van der Waals surface area contributed by atoms with Crippen LogP contribution in [0.1, 0.15) is 19.3 Å². The van der Waals surface area contributed by atoms with E-state index in [1.807, 2.05) is 40.9 Å². The molecular weight excluding hydrogens is 346 g/mol. The second kappa shape index (κ2) is 7.78. The summed E-state index contributed by atoms with van der Waals surface area (Å²) >= 11 is 1.38. The number of fused-ring (bicyclic) bond motifs is 1.